The maximum atomic E-state index is 12.7. The first kappa shape index (κ1) is 21.6. The van der Waals surface area contributed by atoms with Crippen LogP contribution in [0.25, 0.3) is 0 Å². The molecule has 0 bridgehead atoms. The molecular formula is C20H17N3O7S. The van der Waals surface area contributed by atoms with E-state index in [0.29, 0.717) is 0 Å². The number of methoxy groups -OCH3 is 1. The zero-order chi connectivity index (χ0) is 22.6. The second-order valence-corrected chi connectivity index (χ2v) is 7.93. The van der Waals surface area contributed by atoms with Crippen LogP contribution in [0, 0.1) is 10.1 Å². The number of sulfonamides is 1. The first-order valence-corrected chi connectivity index (χ1v) is 10.2. The van der Waals surface area contributed by atoms with Gasteiger partial charge in [0.25, 0.3) is 21.6 Å². The average molecular weight is 443 g/mol. The number of nitrogens with one attached hydrogen (secondary N) is 2. The van der Waals surface area contributed by atoms with Gasteiger partial charge in [0.1, 0.15) is 11.5 Å². The molecule has 0 aliphatic heterocycles. The summed E-state index contributed by atoms with van der Waals surface area (Å²) >= 11 is 0. The molecule has 0 fully saturated rings. The third-order valence-electron chi connectivity index (χ3n) is 4.22. The van der Waals surface area contributed by atoms with E-state index < -0.39 is 20.9 Å². The summed E-state index contributed by atoms with van der Waals surface area (Å²) in [5.74, 6) is -0.545. The minimum absolute atomic E-state index is 0.0990. The molecule has 0 aromatic heterocycles. The van der Waals surface area contributed by atoms with Crippen LogP contribution in [0.5, 0.6) is 11.5 Å². The number of carbonyl (C=O) groups is 1. The number of benzene rings is 3. The number of nitro groups is 1. The van der Waals surface area contributed by atoms with Crippen molar-refractivity contribution in [3.05, 3.63) is 82.4 Å². The first-order valence-electron chi connectivity index (χ1n) is 8.76. The van der Waals surface area contributed by atoms with Crippen LogP contribution >= 0.6 is 0 Å². The lowest BCUT2D eigenvalue weighted by molar-refractivity contribution is -0.384. The van der Waals surface area contributed by atoms with E-state index in [4.69, 9.17) is 4.74 Å². The van der Waals surface area contributed by atoms with Crippen molar-refractivity contribution in [3.63, 3.8) is 0 Å². The lowest BCUT2D eigenvalue weighted by Crippen LogP contribution is -2.15. The standard InChI is InChI=1S/C20H17N3O7S/c1-30-19-11-8-14(23(26)27)12-17(19)22-31(28,29)15-9-6-13(7-10-15)20(25)21-16-4-2-3-5-18(16)24/h2-12,22,24H,1H3,(H,21,25). The average Bonchev–Trinajstić information content (AvgIpc) is 2.75. The van der Waals surface area contributed by atoms with Crippen molar-refractivity contribution < 1.29 is 28.0 Å². The van der Waals surface area contributed by atoms with Gasteiger partial charge in [0.2, 0.25) is 0 Å². The van der Waals surface area contributed by atoms with E-state index in [0.717, 1.165) is 6.07 Å². The van der Waals surface area contributed by atoms with Crippen LogP contribution in [0.2, 0.25) is 0 Å². The Morgan fingerprint density at radius 2 is 1.71 bits per heavy atom. The monoisotopic (exact) mass is 443 g/mol. The Labute approximate surface area is 177 Å². The zero-order valence-electron chi connectivity index (χ0n) is 16.1. The number of nitro benzene ring substituents is 1. The summed E-state index contributed by atoms with van der Waals surface area (Å²) in [6.07, 6.45) is 0. The Kier molecular flexibility index (Phi) is 6.07. The molecule has 0 atom stereocenters. The highest BCUT2D eigenvalue weighted by Crippen LogP contribution is 2.31. The van der Waals surface area contributed by atoms with E-state index in [2.05, 4.69) is 10.0 Å². The van der Waals surface area contributed by atoms with Crippen molar-refractivity contribution in [3.8, 4) is 11.5 Å². The number of carbonyl (C=O) groups excluding carboxylic acids is 1. The Morgan fingerprint density at radius 1 is 1.03 bits per heavy atom. The van der Waals surface area contributed by atoms with Gasteiger partial charge in [0.15, 0.2) is 0 Å². The van der Waals surface area contributed by atoms with Crippen LogP contribution in [0.3, 0.4) is 0 Å². The van der Waals surface area contributed by atoms with E-state index in [1.165, 1.54) is 55.6 Å². The normalized spacial score (nSPS) is 10.9. The third-order valence-corrected chi connectivity index (χ3v) is 5.60. The van der Waals surface area contributed by atoms with Gasteiger partial charge in [-0.25, -0.2) is 8.42 Å². The summed E-state index contributed by atoms with van der Waals surface area (Å²) in [5.41, 5.74) is -0.0356. The molecular weight excluding hydrogens is 426 g/mol. The highest BCUT2D eigenvalue weighted by atomic mass is 32.2. The van der Waals surface area contributed by atoms with Crippen LogP contribution in [0.1, 0.15) is 10.4 Å². The smallest absolute Gasteiger partial charge is 0.271 e. The summed E-state index contributed by atoms with van der Waals surface area (Å²) in [5, 5.41) is 23.2. The number of anilines is 2. The maximum absolute atomic E-state index is 12.7. The molecule has 0 unspecified atom stereocenters. The van der Waals surface area contributed by atoms with E-state index in [1.807, 2.05) is 0 Å². The van der Waals surface area contributed by atoms with Crippen molar-refractivity contribution >= 4 is 33.0 Å². The number of hydrogen-bond donors (Lipinski definition) is 3. The molecule has 3 aromatic rings. The Morgan fingerprint density at radius 3 is 2.32 bits per heavy atom. The van der Waals surface area contributed by atoms with Crippen molar-refractivity contribution in [1.82, 2.24) is 0 Å². The molecule has 0 saturated carbocycles. The van der Waals surface area contributed by atoms with Crippen molar-refractivity contribution in [1.29, 1.82) is 0 Å². The minimum atomic E-state index is -4.12. The number of hydrogen-bond acceptors (Lipinski definition) is 7. The molecule has 1 amide bonds. The number of nitrogens with zero attached hydrogens (tertiary/aromatic N) is 1. The number of phenols is 1. The van der Waals surface area contributed by atoms with Gasteiger partial charge in [-0.05, 0) is 42.5 Å². The molecule has 0 radical (unpaired) electrons. The van der Waals surface area contributed by atoms with Crippen molar-refractivity contribution in [2.45, 2.75) is 4.90 Å². The van der Waals surface area contributed by atoms with Gasteiger partial charge in [-0.15, -0.1) is 0 Å². The molecule has 0 saturated heterocycles. The van der Waals surface area contributed by atoms with Crippen LogP contribution < -0.4 is 14.8 Å². The first-order chi connectivity index (χ1) is 14.7. The molecule has 11 heteroatoms. The predicted molar refractivity (Wildman–Crippen MR) is 113 cm³/mol. The van der Waals surface area contributed by atoms with Gasteiger partial charge in [-0.2, -0.15) is 0 Å². The summed E-state index contributed by atoms with van der Waals surface area (Å²) in [6, 6.07) is 14.7. The topological polar surface area (TPSA) is 148 Å². The van der Waals surface area contributed by atoms with E-state index >= 15 is 0 Å². The molecule has 10 nitrogen and oxygen atoms in total. The van der Waals surface area contributed by atoms with Gasteiger partial charge < -0.3 is 15.2 Å². The second kappa shape index (κ2) is 8.71. The lowest BCUT2D eigenvalue weighted by Gasteiger charge is -2.12. The molecule has 31 heavy (non-hydrogen) atoms. The molecule has 160 valence electrons. The van der Waals surface area contributed by atoms with Gasteiger partial charge in [-0.3, -0.25) is 19.6 Å². The second-order valence-electron chi connectivity index (χ2n) is 6.24. The van der Waals surface area contributed by atoms with E-state index in [9.17, 15) is 28.4 Å². The predicted octanol–water partition coefficient (Wildman–Crippen LogP) is 3.36. The lowest BCUT2D eigenvalue weighted by atomic mass is 10.2. The quantitative estimate of drug-likeness (QED) is 0.288. The van der Waals surface area contributed by atoms with Crippen LogP contribution in [0.15, 0.2) is 71.6 Å². The summed E-state index contributed by atoms with van der Waals surface area (Å²) in [7, 11) is -2.82. The summed E-state index contributed by atoms with van der Waals surface area (Å²) in [4.78, 5) is 22.5. The Hall–Kier alpha value is -4.12. The van der Waals surface area contributed by atoms with E-state index in [-0.39, 0.29) is 39.0 Å². The highest BCUT2D eigenvalue weighted by molar-refractivity contribution is 7.92. The minimum Gasteiger partial charge on any atom is -0.506 e. The number of amides is 1. The third kappa shape index (κ3) is 4.90. The number of phenolic OH excluding ortho intramolecular Hbond substituents is 1. The Balaban J connectivity index is 1.82. The number of aromatic hydroxyl groups is 1. The molecule has 0 spiro atoms. The zero-order valence-corrected chi connectivity index (χ0v) is 16.9. The molecule has 0 heterocycles. The fraction of sp³-hybridized carbons (Fsp3) is 0.0500. The van der Waals surface area contributed by atoms with Gasteiger partial charge in [0, 0.05) is 17.7 Å². The largest absolute Gasteiger partial charge is 0.506 e. The van der Waals surface area contributed by atoms with Crippen molar-refractivity contribution in [2.24, 2.45) is 0 Å². The number of ether oxygens (including phenoxy) is 1. The highest BCUT2D eigenvalue weighted by Gasteiger charge is 2.20. The van der Waals surface area contributed by atoms with Crippen LogP contribution in [-0.4, -0.2) is 31.5 Å². The van der Waals surface area contributed by atoms with Crippen LogP contribution in [0.4, 0.5) is 17.1 Å². The molecule has 3 rings (SSSR count). The molecule has 0 aliphatic carbocycles. The van der Waals surface area contributed by atoms with Crippen molar-refractivity contribution in [2.75, 3.05) is 17.1 Å². The molecule has 3 N–H and O–H groups in total. The summed E-state index contributed by atoms with van der Waals surface area (Å²) < 4.78 is 32.7. The summed E-state index contributed by atoms with van der Waals surface area (Å²) in [6.45, 7) is 0. The van der Waals surface area contributed by atoms with Crippen LogP contribution in [-0.2, 0) is 10.0 Å². The van der Waals surface area contributed by atoms with Gasteiger partial charge >= 0.3 is 0 Å². The van der Waals surface area contributed by atoms with Gasteiger partial charge in [-0.1, -0.05) is 12.1 Å². The van der Waals surface area contributed by atoms with Gasteiger partial charge in [0.05, 0.1) is 28.3 Å². The number of rotatable bonds is 7. The molecule has 0 aliphatic rings. The fourth-order valence-corrected chi connectivity index (χ4v) is 3.71. The maximum Gasteiger partial charge on any atom is 0.271 e. The fourth-order valence-electron chi connectivity index (χ4n) is 2.65. The van der Waals surface area contributed by atoms with E-state index in [1.54, 1.807) is 12.1 Å². The Bertz CT molecular complexity index is 1240. The number of para-hydroxylation sites is 2. The number of non-ortho nitro benzene ring substituents is 1. The molecule has 3 aromatic carbocycles. The SMILES string of the molecule is COc1ccc([N+](=O)[O-])cc1NS(=O)(=O)c1ccc(C(=O)Nc2ccccc2O)cc1.